The van der Waals surface area contributed by atoms with Crippen molar-refractivity contribution in [3.05, 3.63) is 41.5 Å². The molecule has 0 unspecified atom stereocenters. The van der Waals surface area contributed by atoms with Gasteiger partial charge in [-0.2, -0.15) is 5.10 Å². The second-order valence-electron chi connectivity index (χ2n) is 4.78. The molecule has 0 aliphatic carbocycles. The lowest BCUT2D eigenvalue weighted by molar-refractivity contribution is 0.102. The molecule has 0 aliphatic rings. The quantitative estimate of drug-likeness (QED) is 0.735. The maximum atomic E-state index is 12.6. The molecule has 112 valence electrons. The third kappa shape index (κ3) is 3.48. The van der Waals surface area contributed by atoms with Crippen LogP contribution in [0.3, 0.4) is 0 Å². The van der Waals surface area contributed by atoms with E-state index in [1.807, 2.05) is 26.8 Å². The van der Waals surface area contributed by atoms with Gasteiger partial charge in [-0.05, 0) is 31.9 Å². The Labute approximate surface area is 125 Å². The van der Waals surface area contributed by atoms with Gasteiger partial charge in [-0.25, -0.2) is 0 Å². The molecule has 2 aromatic rings. The van der Waals surface area contributed by atoms with Gasteiger partial charge in [0, 0.05) is 18.3 Å². The zero-order valence-corrected chi connectivity index (χ0v) is 12.8. The van der Waals surface area contributed by atoms with Crippen molar-refractivity contribution in [2.24, 2.45) is 0 Å². The van der Waals surface area contributed by atoms with Crippen LogP contribution in [0, 0.1) is 0 Å². The molecule has 0 fully saturated rings. The highest BCUT2D eigenvalue weighted by atomic mass is 16.5. The van der Waals surface area contributed by atoms with Crippen molar-refractivity contribution in [2.45, 2.75) is 40.2 Å². The summed E-state index contributed by atoms with van der Waals surface area (Å²) >= 11 is 0. The lowest BCUT2D eigenvalue weighted by atomic mass is 10.1. The van der Waals surface area contributed by atoms with Gasteiger partial charge in [0.15, 0.2) is 0 Å². The molecule has 0 radical (unpaired) electrons. The largest absolute Gasteiger partial charge is 0.492 e. The molecule has 0 spiro atoms. The summed E-state index contributed by atoms with van der Waals surface area (Å²) in [6, 6.07) is 3.59. The third-order valence-electron chi connectivity index (χ3n) is 3.17. The maximum absolute atomic E-state index is 12.6. The Hall–Kier alpha value is -2.17. The average Bonchev–Trinajstić information content (AvgIpc) is 2.96. The van der Waals surface area contributed by atoms with Crippen molar-refractivity contribution in [3.8, 4) is 5.75 Å². The van der Waals surface area contributed by atoms with Crippen LogP contribution in [-0.4, -0.2) is 27.2 Å². The smallest absolute Gasteiger partial charge is 0.212 e. The predicted octanol–water partition coefficient (Wildman–Crippen LogP) is 2.88. The molecule has 5 nitrogen and oxygen atoms in total. The SMILES string of the molecule is CCCOc1cncc(C(=O)c2cc(CC)nn2CC)c1. The number of hydrogen-bond acceptors (Lipinski definition) is 4. The Morgan fingerprint density at radius 3 is 2.71 bits per heavy atom. The van der Waals surface area contributed by atoms with E-state index in [1.165, 1.54) is 0 Å². The van der Waals surface area contributed by atoms with Crippen molar-refractivity contribution in [1.82, 2.24) is 14.8 Å². The Morgan fingerprint density at radius 1 is 1.24 bits per heavy atom. The molecule has 5 heteroatoms. The van der Waals surface area contributed by atoms with Crippen LogP contribution in [0.15, 0.2) is 24.5 Å². The minimum absolute atomic E-state index is 0.0708. The Kier molecular flexibility index (Phi) is 5.09. The summed E-state index contributed by atoms with van der Waals surface area (Å²) in [7, 11) is 0. The molecular formula is C16H21N3O2. The van der Waals surface area contributed by atoms with E-state index in [4.69, 9.17) is 4.74 Å². The zero-order valence-electron chi connectivity index (χ0n) is 12.8. The van der Waals surface area contributed by atoms with Crippen molar-refractivity contribution < 1.29 is 9.53 Å². The topological polar surface area (TPSA) is 57.0 Å². The molecule has 0 aliphatic heterocycles. The Bertz CT molecular complexity index is 620. The predicted molar refractivity (Wildman–Crippen MR) is 80.7 cm³/mol. The summed E-state index contributed by atoms with van der Waals surface area (Å²) in [5.41, 5.74) is 2.05. The normalized spacial score (nSPS) is 10.6. The number of rotatable bonds is 7. The van der Waals surface area contributed by atoms with E-state index in [9.17, 15) is 4.79 Å². The van der Waals surface area contributed by atoms with Gasteiger partial charge in [0.05, 0.1) is 18.5 Å². The van der Waals surface area contributed by atoms with Gasteiger partial charge >= 0.3 is 0 Å². The van der Waals surface area contributed by atoms with Crippen LogP contribution in [0.2, 0.25) is 0 Å². The van der Waals surface area contributed by atoms with E-state index in [0.717, 1.165) is 18.5 Å². The molecule has 2 heterocycles. The van der Waals surface area contributed by atoms with E-state index >= 15 is 0 Å². The second-order valence-corrected chi connectivity index (χ2v) is 4.78. The van der Waals surface area contributed by atoms with Gasteiger partial charge in [-0.3, -0.25) is 14.5 Å². The summed E-state index contributed by atoms with van der Waals surface area (Å²) < 4.78 is 7.26. The molecular weight excluding hydrogens is 266 g/mol. The Balaban J connectivity index is 2.29. The molecule has 0 N–H and O–H groups in total. The van der Waals surface area contributed by atoms with E-state index < -0.39 is 0 Å². The minimum Gasteiger partial charge on any atom is -0.492 e. The standard InChI is InChI=1S/C16H21N3O2/c1-4-7-21-14-8-12(10-17-11-14)16(20)15-9-13(5-2)18-19(15)6-3/h8-11H,4-7H2,1-3H3. The van der Waals surface area contributed by atoms with E-state index in [-0.39, 0.29) is 5.78 Å². The minimum atomic E-state index is -0.0708. The van der Waals surface area contributed by atoms with E-state index in [1.54, 1.807) is 23.1 Å². The lowest BCUT2D eigenvalue weighted by Crippen LogP contribution is -2.11. The van der Waals surface area contributed by atoms with Crippen molar-refractivity contribution >= 4 is 5.78 Å². The zero-order chi connectivity index (χ0) is 15.2. The fourth-order valence-electron chi connectivity index (χ4n) is 2.06. The van der Waals surface area contributed by atoms with Gasteiger partial charge in [0.1, 0.15) is 11.4 Å². The van der Waals surface area contributed by atoms with Crippen molar-refractivity contribution in [3.63, 3.8) is 0 Å². The number of ketones is 1. The molecule has 0 saturated carbocycles. The summed E-state index contributed by atoms with van der Waals surface area (Å²) in [4.78, 5) is 16.7. The first kappa shape index (κ1) is 15.2. The van der Waals surface area contributed by atoms with Crippen LogP contribution < -0.4 is 4.74 Å². The molecule has 0 amide bonds. The molecule has 2 rings (SSSR count). The Morgan fingerprint density at radius 2 is 2.05 bits per heavy atom. The van der Waals surface area contributed by atoms with Crippen LogP contribution in [0.25, 0.3) is 0 Å². The van der Waals surface area contributed by atoms with Gasteiger partial charge < -0.3 is 4.74 Å². The number of nitrogens with zero attached hydrogens (tertiary/aromatic N) is 3. The maximum Gasteiger partial charge on any atom is 0.212 e. The number of ether oxygens (including phenoxy) is 1. The van der Waals surface area contributed by atoms with Crippen LogP contribution in [-0.2, 0) is 13.0 Å². The van der Waals surface area contributed by atoms with Crippen LogP contribution in [0.4, 0.5) is 0 Å². The highest BCUT2D eigenvalue weighted by molar-refractivity contribution is 6.08. The van der Waals surface area contributed by atoms with Gasteiger partial charge in [0.25, 0.3) is 0 Å². The van der Waals surface area contributed by atoms with Gasteiger partial charge in [-0.15, -0.1) is 0 Å². The van der Waals surface area contributed by atoms with Gasteiger partial charge in [-0.1, -0.05) is 13.8 Å². The summed E-state index contributed by atoms with van der Waals surface area (Å²) in [5, 5.41) is 4.41. The molecule has 21 heavy (non-hydrogen) atoms. The summed E-state index contributed by atoms with van der Waals surface area (Å²) in [5.74, 6) is 0.555. The third-order valence-corrected chi connectivity index (χ3v) is 3.17. The van der Waals surface area contributed by atoms with Crippen molar-refractivity contribution in [2.75, 3.05) is 6.61 Å². The molecule has 0 atom stereocenters. The first-order valence-corrected chi connectivity index (χ1v) is 7.38. The number of hydrogen-bond donors (Lipinski definition) is 0. The highest BCUT2D eigenvalue weighted by Crippen LogP contribution is 2.16. The fraction of sp³-hybridized carbons (Fsp3) is 0.438. The summed E-state index contributed by atoms with van der Waals surface area (Å²) in [6.45, 7) is 7.32. The van der Waals surface area contributed by atoms with E-state index in [0.29, 0.717) is 30.2 Å². The van der Waals surface area contributed by atoms with Crippen LogP contribution >= 0.6 is 0 Å². The number of aryl methyl sites for hydroxylation is 2. The first-order chi connectivity index (χ1) is 10.2. The molecule has 2 aromatic heterocycles. The lowest BCUT2D eigenvalue weighted by Gasteiger charge is -2.07. The summed E-state index contributed by atoms with van der Waals surface area (Å²) in [6.07, 6.45) is 4.92. The monoisotopic (exact) mass is 287 g/mol. The number of pyridine rings is 1. The second kappa shape index (κ2) is 7.02. The van der Waals surface area contributed by atoms with E-state index in [2.05, 4.69) is 10.1 Å². The van der Waals surface area contributed by atoms with Crippen LogP contribution in [0.1, 0.15) is 48.9 Å². The first-order valence-electron chi connectivity index (χ1n) is 7.38. The van der Waals surface area contributed by atoms with Crippen molar-refractivity contribution in [1.29, 1.82) is 0 Å². The number of carbonyl (C=O) groups is 1. The average molecular weight is 287 g/mol. The highest BCUT2D eigenvalue weighted by Gasteiger charge is 2.17. The number of carbonyl (C=O) groups excluding carboxylic acids is 1. The fourth-order valence-corrected chi connectivity index (χ4v) is 2.06. The number of aromatic nitrogens is 3. The van der Waals surface area contributed by atoms with Gasteiger partial charge in [0.2, 0.25) is 5.78 Å². The van der Waals surface area contributed by atoms with Crippen LogP contribution in [0.5, 0.6) is 5.75 Å². The molecule has 0 bridgehead atoms. The molecule has 0 saturated heterocycles. The molecule has 0 aromatic carbocycles.